The molecule has 2 N–H and O–H groups in total. The Hall–Kier alpha value is -2.32. The van der Waals surface area contributed by atoms with Gasteiger partial charge in [-0.1, -0.05) is 18.1 Å². The number of piperidine rings is 1. The highest BCUT2D eigenvalue weighted by molar-refractivity contribution is 5.94. The minimum atomic E-state index is -0.126. The van der Waals surface area contributed by atoms with Gasteiger partial charge in [-0.2, -0.15) is 0 Å². The number of terminal acetylenes is 1. The van der Waals surface area contributed by atoms with E-state index >= 15 is 0 Å². The zero-order valence-corrected chi connectivity index (χ0v) is 13.5. The summed E-state index contributed by atoms with van der Waals surface area (Å²) in [5.74, 6) is 2.64. The average Bonchev–Trinajstić information content (AvgIpc) is 2.60. The maximum Gasteiger partial charge on any atom is 0.251 e. The molecule has 2 amide bonds. The Kier molecular flexibility index (Phi) is 6.19. The van der Waals surface area contributed by atoms with Crippen molar-refractivity contribution in [2.75, 3.05) is 26.7 Å². The van der Waals surface area contributed by atoms with Crippen LogP contribution in [0.1, 0.15) is 28.8 Å². The van der Waals surface area contributed by atoms with Crippen molar-refractivity contribution < 1.29 is 9.59 Å². The Bertz CT molecular complexity index is 599. The maximum absolute atomic E-state index is 12.3. The third-order valence-corrected chi connectivity index (χ3v) is 4.16. The first kappa shape index (κ1) is 17.0. The molecule has 1 saturated heterocycles. The van der Waals surface area contributed by atoms with Crippen molar-refractivity contribution in [1.29, 1.82) is 0 Å². The lowest BCUT2D eigenvalue weighted by atomic mass is 9.96. The second kappa shape index (κ2) is 8.35. The Balaban J connectivity index is 1.83. The summed E-state index contributed by atoms with van der Waals surface area (Å²) in [6.45, 7) is 2.83. The van der Waals surface area contributed by atoms with Crippen molar-refractivity contribution in [2.45, 2.75) is 19.4 Å². The van der Waals surface area contributed by atoms with E-state index in [0.717, 1.165) is 31.5 Å². The lowest BCUT2D eigenvalue weighted by molar-refractivity contribution is -0.126. The highest BCUT2D eigenvalue weighted by atomic mass is 16.2. The molecule has 0 aliphatic carbocycles. The summed E-state index contributed by atoms with van der Waals surface area (Å²) in [7, 11) is 1.60. The molecule has 5 heteroatoms. The Morgan fingerprint density at radius 1 is 1.35 bits per heavy atom. The summed E-state index contributed by atoms with van der Waals surface area (Å²) in [5, 5.41) is 5.56. The second-order valence-corrected chi connectivity index (χ2v) is 5.75. The normalized spacial score (nSPS) is 15.7. The number of nitrogens with one attached hydrogen (secondary N) is 2. The van der Waals surface area contributed by atoms with Crippen molar-refractivity contribution in [2.24, 2.45) is 5.92 Å². The summed E-state index contributed by atoms with van der Waals surface area (Å²) in [5.41, 5.74) is 1.52. The first-order valence-electron chi connectivity index (χ1n) is 7.88. The van der Waals surface area contributed by atoms with Crippen LogP contribution in [-0.4, -0.2) is 43.4 Å². The van der Waals surface area contributed by atoms with Gasteiger partial charge in [-0.05, 0) is 43.6 Å². The number of carbonyl (C=O) groups is 2. The smallest absolute Gasteiger partial charge is 0.251 e. The predicted octanol–water partition coefficient (Wildman–Crippen LogP) is 1.01. The predicted molar refractivity (Wildman–Crippen MR) is 89.7 cm³/mol. The summed E-state index contributed by atoms with van der Waals surface area (Å²) in [6.07, 6.45) is 6.99. The molecule has 0 saturated carbocycles. The third-order valence-electron chi connectivity index (χ3n) is 4.16. The van der Waals surface area contributed by atoms with Gasteiger partial charge >= 0.3 is 0 Å². The lowest BCUT2D eigenvalue weighted by Gasteiger charge is -2.29. The van der Waals surface area contributed by atoms with Crippen LogP contribution in [0, 0.1) is 18.3 Å². The molecule has 1 heterocycles. The van der Waals surface area contributed by atoms with Crippen LogP contribution in [0.15, 0.2) is 24.3 Å². The molecule has 1 fully saturated rings. The zero-order chi connectivity index (χ0) is 16.7. The summed E-state index contributed by atoms with van der Waals surface area (Å²) >= 11 is 0. The molecule has 0 unspecified atom stereocenters. The molecule has 5 nitrogen and oxygen atoms in total. The summed E-state index contributed by atoms with van der Waals surface area (Å²) < 4.78 is 0. The maximum atomic E-state index is 12.3. The van der Waals surface area contributed by atoms with Crippen molar-refractivity contribution in [3.8, 4) is 12.3 Å². The van der Waals surface area contributed by atoms with Gasteiger partial charge in [0.05, 0.1) is 6.54 Å². The van der Waals surface area contributed by atoms with E-state index in [-0.39, 0.29) is 17.7 Å². The molecule has 23 heavy (non-hydrogen) atoms. The van der Waals surface area contributed by atoms with Gasteiger partial charge in [0.25, 0.3) is 5.91 Å². The first-order valence-corrected chi connectivity index (χ1v) is 7.88. The van der Waals surface area contributed by atoms with Crippen LogP contribution in [0.2, 0.25) is 0 Å². The van der Waals surface area contributed by atoms with E-state index in [9.17, 15) is 9.59 Å². The zero-order valence-electron chi connectivity index (χ0n) is 13.5. The molecular weight excluding hydrogens is 290 g/mol. The van der Waals surface area contributed by atoms with Crippen molar-refractivity contribution in [1.82, 2.24) is 15.5 Å². The molecule has 1 aromatic carbocycles. The first-order chi connectivity index (χ1) is 11.1. The molecule has 1 aliphatic rings. The fourth-order valence-corrected chi connectivity index (χ4v) is 2.78. The van der Waals surface area contributed by atoms with Gasteiger partial charge in [-0.25, -0.2) is 0 Å². The van der Waals surface area contributed by atoms with E-state index < -0.39 is 0 Å². The minimum Gasteiger partial charge on any atom is -0.355 e. The topological polar surface area (TPSA) is 61.4 Å². The van der Waals surface area contributed by atoms with Gasteiger partial charge in [0.15, 0.2) is 0 Å². The largest absolute Gasteiger partial charge is 0.355 e. The quantitative estimate of drug-likeness (QED) is 0.798. The van der Waals surface area contributed by atoms with Gasteiger partial charge in [-0.3, -0.25) is 14.5 Å². The van der Waals surface area contributed by atoms with Crippen molar-refractivity contribution in [3.05, 3.63) is 35.4 Å². The number of amides is 2. The van der Waals surface area contributed by atoms with E-state index in [1.54, 1.807) is 19.2 Å². The van der Waals surface area contributed by atoms with E-state index in [4.69, 9.17) is 6.42 Å². The molecule has 0 spiro atoms. The highest BCUT2D eigenvalue weighted by Gasteiger charge is 2.24. The van der Waals surface area contributed by atoms with Crippen LogP contribution in [0.5, 0.6) is 0 Å². The molecule has 0 bridgehead atoms. The number of rotatable bonds is 5. The second-order valence-electron chi connectivity index (χ2n) is 5.75. The third kappa shape index (κ3) is 4.83. The minimum absolute atomic E-state index is 0.0474. The van der Waals surface area contributed by atoms with E-state index in [1.165, 1.54) is 0 Å². The van der Waals surface area contributed by atoms with E-state index in [0.29, 0.717) is 18.7 Å². The fourth-order valence-electron chi connectivity index (χ4n) is 2.78. The summed E-state index contributed by atoms with van der Waals surface area (Å²) in [4.78, 5) is 26.1. The molecule has 2 rings (SSSR count). The average molecular weight is 313 g/mol. The number of benzene rings is 1. The standard InChI is InChI=1S/C18H23N3O2/c1-3-9-21-10-7-15(8-11-21)18(23)20-13-14-5-4-6-16(12-14)17(22)19-2/h1,4-6,12,15H,7-11,13H2,2H3,(H,19,22)(H,20,23). The van der Waals surface area contributed by atoms with Crippen LogP contribution in [0.3, 0.4) is 0 Å². The molecule has 0 atom stereocenters. The van der Waals surface area contributed by atoms with Gasteiger partial charge in [0, 0.05) is 25.1 Å². The van der Waals surface area contributed by atoms with Crippen molar-refractivity contribution in [3.63, 3.8) is 0 Å². The van der Waals surface area contributed by atoms with Crippen LogP contribution < -0.4 is 10.6 Å². The van der Waals surface area contributed by atoms with Gasteiger partial charge in [0.2, 0.25) is 5.91 Å². The summed E-state index contributed by atoms with van der Waals surface area (Å²) in [6, 6.07) is 7.28. The number of likely N-dealkylation sites (tertiary alicyclic amines) is 1. The fraction of sp³-hybridized carbons (Fsp3) is 0.444. The Morgan fingerprint density at radius 2 is 2.09 bits per heavy atom. The molecule has 122 valence electrons. The monoisotopic (exact) mass is 313 g/mol. The van der Waals surface area contributed by atoms with Crippen LogP contribution >= 0.6 is 0 Å². The number of nitrogens with zero attached hydrogens (tertiary/aromatic N) is 1. The van der Waals surface area contributed by atoms with E-state index in [1.807, 2.05) is 12.1 Å². The van der Waals surface area contributed by atoms with Crippen LogP contribution in [0.4, 0.5) is 0 Å². The number of hydrogen-bond donors (Lipinski definition) is 2. The van der Waals surface area contributed by atoms with Gasteiger partial charge in [-0.15, -0.1) is 6.42 Å². The molecule has 1 aliphatic heterocycles. The molecule has 1 aromatic rings. The van der Waals surface area contributed by atoms with E-state index in [2.05, 4.69) is 21.5 Å². The van der Waals surface area contributed by atoms with Gasteiger partial charge in [0.1, 0.15) is 0 Å². The number of hydrogen-bond acceptors (Lipinski definition) is 3. The molecular formula is C18H23N3O2. The van der Waals surface area contributed by atoms with Crippen molar-refractivity contribution >= 4 is 11.8 Å². The Labute approximate surface area is 137 Å². The van der Waals surface area contributed by atoms with Crippen LogP contribution in [0.25, 0.3) is 0 Å². The SMILES string of the molecule is C#CCN1CCC(C(=O)NCc2cccc(C(=O)NC)c2)CC1. The lowest BCUT2D eigenvalue weighted by Crippen LogP contribution is -2.40. The molecule has 0 aromatic heterocycles. The van der Waals surface area contributed by atoms with Gasteiger partial charge < -0.3 is 10.6 Å². The molecule has 0 radical (unpaired) electrons. The number of carbonyl (C=O) groups excluding carboxylic acids is 2. The van der Waals surface area contributed by atoms with Crippen LogP contribution in [-0.2, 0) is 11.3 Å². The highest BCUT2D eigenvalue weighted by Crippen LogP contribution is 2.17. The Morgan fingerprint density at radius 3 is 2.74 bits per heavy atom.